The molecule has 0 spiro atoms. The molecule has 6 nitrogen and oxygen atoms in total. The Morgan fingerprint density at radius 3 is 2.41 bits per heavy atom. The number of amides is 2. The SMILES string of the molecule is CCn1c(C(=O)N2CCC(C(=O)N3CCN(c4cccc(C)c4C)CC3)CC2)cc2sccc21. The fraction of sp³-hybridized carbons (Fsp3) is 0.481. The van der Waals surface area contributed by atoms with Crippen molar-refractivity contribution in [2.24, 2.45) is 5.92 Å². The van der Waals surface area contributed by atoms with Crippen molar-refractivity contribution >= 4 is 39.1 Å². The number of rotatable bonds is 4. The molecule has 0 saturated carbocycles. The Morgan fingerprint density at radius 1 is 0.971 bits per heavy atom. The van der Waals surface area contributed by atoms with Crippen LogP contribution in [0.5, 0.6) is 0 Å². The Balaban J connectivity index is 1.17. The zero-order chi connectivity index (χ0) is 23.8. The molecule has 1 aromatic carbocycles. The number of hydrogen-bond donors (Lipinski definition) is 0. The number of carbonyl (C=O) groups excluding carboxylic acids is 2. The summed E-state index contributed by atoms with van der Waals surface area (Å²) in [6.07, 6.45) is 1.51. The Bertz CT molecular complexity index is 1200. The van der Waals surface area contributed by atoms with Crippen molar-refractivity contribution in [1.29, 1.82) is 0 Å². The number of benzene rings is 1. The Hall–Kier alpha value is -2.80. The van der Waals surface area contributed by atoms with Gasteiger partial charge in [0.2, 0.25) is 5.91 Å². The summed E-state index contributed by atoms with van der Waals surface area (Å²) in [5.74, 6) is 0.390. The highest BCUT2D eigenvalue weighted by atomic mass is 32.1. The van der Waals surface area contributed by atoms with Crippen LogP contribution in [0.15, 0.2) is 35.7 Å². The highest BCUT2D eigenvalue weighted by molar-refractivity contribution is 7.17. The molecule has 2 aromatic heterocycles. The van der Waals surface area contributed by atoms with Gasteiger partial charge >= 0.3 is 0 Å². The smallest absolute Gasteiger partial charge is 0.270 e. The minimum Gasteiger partial charge on any atom is -0.368 e. The number of fused-ring (bicyclic) bond motifs is 1. The molecule has 0 N–H and O–H groups in total. The number of carbonyl (C=O) groups is 2. The zero-order valence-corrected chi connectivity index (χ0v) is 21.2. The molecule has 0 radical (unpaired) electrons. The Morgan fingerprint density at radius 2 is 1.71 bits per heavy atom. The van der Waals surface area contributed by atoms with Crippen LogP contribution in [0.2, 0.25) is 0 Å². The van der Waals surface area contributed by atoms with Gasteiger partial charge < -0.3 is 19.3 Å². The number of aromatic nitrogens is 1. The maximum absolute atomic E-state index is 13.3. The molecule has 0 aliphatic carbocycles. The number of thiophene rings is 1. The lowest BCUT2D eigenvalue weighted by Gasteiger charge is -2.40. The van der Waals surface area contributed by atoms with Gasteiger partial charge in [-0.15, -0.1) is 11.3 Å². The lowest BCUT2D eigenvalue weighted by Crippen LogP contribution is -2.52. The third-order valence-corrected chi connectivity index (χ3v) is 8.55. The topological polar surface area (TPSA) is 48.8 Å². The number of anilines is 1. The fourth-order valence-electron chi connectivity index (χ4n) is 5.49. The van der Waals surface area contributed by atoms with Crippen molar-refractivity contribution in [3.8, 4) is 0 Å². The van der Waals surface area contributed by atoms with E-state index >= 15 is 0 Å². The summed E-state index contributed by atoms with van der Waals surface area (Å²) in [4.78, 5) is 32.9. The van der Waals surface area contributed by atoms with Crippen molar-refractivity contribution in [3.05, 3.63) is 52.5 Å². The van der Waals surface area contributed by atoms with Crippen molar-refractivity contribution < 1.29 is 9.59 Å². The summed E-state index contributed by atoms with van der Waals surface area (Å²) in [7, 11) is 0. The van der Waals surface area contributed by atoms with Gasteiger partial charge in [0, 0.05) is 57.4 Å². The van der Waals surface area contributed by atoms with Gasteiger partial charge in [0.1, 0.15) is 5.69 Å². The van der Waals surface area contributed by atoms with E-state index in [0.717, 1.165) is 61.5 Å². The van der Waals surface area contributed by atoms with E-state index in [0.29, 0.717) is 13.1 Å². The van der Waals surface area contributed by atoms with E-state index in [1.165, 1.54) is 16.8 Å². The molecule has 34 heavy (non-hydrogen) atoms. The number of hydrogen-bond acceptors (Lipinski definition) is 4. The number of piperidine rings is 1. The highest BCUT2D eigenvalue weighted by Crippen LogP contribution is 2.29. The highest BCUT2D eigenvalue weighted by Gasteiger charge is 2.33. The van der Waals surface area contributed by atoms with Gasteiger partial charge in [-0.25, -0.2) is 0 Å². The third-order valence-electron chi connectivity index (χ3n) is 7.70. The molecule has 4 heterocycles. The van der Waals surface area contributed by atoms with E-state index in [4.69, 9.17) is 0 Å². The van der Waals surface area contributed by atoms with E-state index in [2.05, 4.69) is 59.9 Å². The maximum Gasteiger partial charge on any atom is 0.270 e. The van der Waals surface area contributed by atoms with E-state index in [1.54, 1.807) is 11.3 Å². The molecule has 7 heteroatoms. The molecule has 0 bridgehead atoms. The average molecular weight is 479 g/mol. The van der Waals surface area contributed by atoms with Crippen LogP contribution in [0.1, 0.15) is 41.4 Å². The van der Waals surface area contributed by atoms with Crippen molar-refractivity contribution in [2.75, 3.05) is 44.2 Å². The van der Waals surface area contributed by atoms with Crippen molar-refractivity contribution in [3.63, 3.8) is 0 Å². The van der Waals surface area contributed by atoms with Crippen LogP contribution in [0.3, 0.4) is 0 Å². The number of likely N-dealkylation sites (tertiary alicyclic amines) is 1. The molecule has 2 aliphatic heterocycles. The first-order valence-electron chi connectivity index (χ1n) is 12.4. The Kier molecular flexibility index (Phi) is 6.38. The molecule has 0 atom stereocenters. The molecular weight excluding hydrogens is 444 g/mol. The second-order valence-corrected chi connectivity index (χ2v) is 10.5. The fourth-order valence-corrected chi connectivity index (χ4v) is 6.31. The van der Waals surface area contributed by atoms with Gasteiger partial charge in [-0.3, -0.25) is 9.59 Å². The van der Waals surface area contributed by atoms with Gasteiger partial charge in [0.15, 0.2) is 0 Å². The largest absolute Gasteiger partial charge is 0.368 e. The molecule has 180 valence electrons. The molecule has 0 unspecified atom stereocenters. The van der Waals surface area contributed by atoms with Gasteiger partial charge in [-0.2, -0.15) is 0 Å². The normalized spacial score (nSPS) is 17.6. The predicted molar refractivity (Wildman–Crippen MR) is 139 cm³/mol. The van der Waals surface area contributed by atoms with Crippen LogP contribution < -0.4 is 4.90 Å². The Labute approximate surface area is 205 Å². The molecule has 5 rings (SSSR count). The molecule has 2 amide bonds. The van der Waals surface area contributed by atoms with E-state index in [-0.39, 0.29) is 17.7 Å². The summed E-state index contributed by atoms with van der Waals surface area (Å²) < 4.78 is 3.27. The van der Waals surface area contributed by atoms with Gasteiger partial charge in [0.25, 0.3) is 5.91 Å². The molecule has 2 fully saturated rings. The summed E-state index contributed by atoms with van der Waals surface area (Å²) in [6, 6.07) is 10.6. The molecule has 2 saturated heterocycles. The van der Waals surface area contributed by atoms with Gasteiger partial charge in [0.05, 0.1) is 10.2 Å². The van der Waals surface area contributed by atoms with Crippen LogP contribution in [0.25, 0.3) is 10.2 Å². The van der Waals surface area contributed by atoms with Gasteiger partial charge in [-0.1, -0.05) is 12.1 Å². The molecule has 3 aromatic rings. The first-order chi connectivity index (χ1) is 16.5. The van der Waals surface area contributed by atoms with Crippen molar-refractivity contribution in [1.82, 2.24) is 14.4 Å². The quantitative estimate of drug-likeness (QED) is 0.553. The van der Waals surface area contributed by atoms with Crippen LogP contribution in [0, 0.1) is 19.8 Å². The number of piperazine rings is 1. The summed E-state index contributed by atoms with van der Waals surface area (Å²) in [5, 5.41) is 2.07. The minimum atomic E-state index is 0.0257. The van der Waals surface area contributed by atoms with E-state index in [9.17, 15) is 9.59 Å². The summed E-state index contributed by atoms with van der Waals surface area (Å²) >= 11 is 1.68. The number of aryl methyl sites for hydroxylation is 2. The van der Waals surface area contributed by atoms with Crippen molar-refractivity contribution in [2.45, 2.75) is 40.2 Å². The second-order valence-electron chi connectivity index (χ2n) is 9.54. The molecular formula is C27H34N4O2S. The van der Waals surface area contributed by atoms with Crippen LogP contribution in [-0.2, 0) is 11.3 Å². The monoisotopic (exact) mass is 478 g/mol. The van der Waals surface area contributed by atoms with Crippen LogP contribution in [0.4, 0.5) is 5.69 Å². The predicted octanol–water partition coefficient (Wildman–Crippen LogP) is 4.54. The standard InChI is InChI=1S/C27H34N4O2S/c1-4-31-23-10-17-34-25(23)18-24(31)27(33)29-11-8-21(9-12-29)26(32)30-15-13-28(14-16-30)22-7-5-6-19(2)20(22)3/h5-7,10,17-18,21H,4,8-9,11-16H2,1-3H3. The van der Waals surface area contributed by atoms with E-state index < -0.39 is 0 Å². The van der Waals surface area contributed by atoms with E-state index in [1.807, 2.05) is 15.9 Å². The average Bonchev–Trinajstić information content (AvgIpc) is 3.46. The maximum atomic E-state index is 13.3. The second kappa shape index (κ2) is 9.45. The lowest BCUT2D eigenvalue weighted by atomic mass is 9.94. The first-order valence-corrected chi connectivity index (χ1v) is 13.3. The lowest BCUT2D eigenvalue weighted by molar-refractivity contribution is -0.137. The molecule has 2 aliphatic rings. The minimum absolute atomic E-state index is 0.0257. The summed E-state index contributed by atoms with van der Waals surface area (Å²) in [6.45, 7) is 11.8. The van der Waals surface area contributed by atoms with Gasteiger partial charge in [-0.05, 0) is 68.3 Å². The summed E-state index contributed by atoms with van der Waals surface area (Å²) in [5.41, 5.74) is 5.84. The zero-order valence-electron chi connectivity index (χ0n) is 20.4. The number of nitrogens with zero attached hydrogens (tertiary/aromatic N) is 4. The first kappa shape index (κ1) is 23.0. The third kappa shape index (κ3) is 4.11. The van der Waals surface area contributed by atoms with Crippen LogP contribution in [-0.4, -0.2) is 65.4 Å². The van der Waals surface area contributed by atoms with Crippen LogP contribution >= 0.6 is 11.3 Å².